The zero-order valence-corrected chi connectivity index (χ0v) is 12.4. The van der Waals surface area contributed by atoms with Crippen molar-refractivity contribution < 1.29 is 9.18 Å². The number of hydrogen-bond acceptors (Lipinski definition) is 2. The summed E-state index contributed by atoms with van der Waals surface area (Å²) >= 11 is 5.70. The smallest absolute Gasteiger partial charge is 0.237 e. The van der Waals surface area contributed by atoms with Crippen LogP contribution < -0.4 is 10.6 Å². The van der Waals surface area contributed by atoms with Crippen molar-refractivity contribution in [2.75, 3.05) is 0 Å². The van der Waals surface area contributed by atoms with Gasteiger partial charge in [0.15, 0.2) is 0 Å². The van der Waals surface area contributed by atoms with E-state index in [1.807, 2.05) is 20.8 Å². The van der Waals surface area contributed by atoms with E-state index in [1.165, 1.54) is 6.07 Å². The van der Waals surface area contributed by atoms with E-state index in [2.05, 4.69) is 10.6 Å². The number of nitrogens with one attached hydrogen (secondary N) is 2. The first-order valence-corrected chi connectivity index (χ1v) is 6.57. The summed E-state index contributed by atoms with van der Waals surface area (Å²) in [7, 11) is 0. The molecule has 1 rings (SSSR count). The molecule has 1 unspecified atom stereocenters. The van der Waals surface area contributed by atoms with E-state index in [0.29, 0.717) is 5.56 Å². The lowest BCUT2D eigenvalue weighted by molar-refractivity contribution is -0.124. The molecule has 0 saturated heterocycles. The molecule has 19 heavy (non-hydrogen) atoms. The summed E-state index contributed by atoms with van der Waals surface area (Å²) in [6.45, 7) is 7.73. The molecule has 0 bridgehead atoms. The van der Waals surface area contributed by atoms with Gasteiger partial charge in [-0.25, -0.2) is 4.39 Å². The van der Waals surface area contributed by atoms with Crippen molar-refractivity contribution >= 4 is 17.5 Å². The lowest BCUT2D eigenvalue weighted by Gasteiger charge is -2.23. The first kappa shape index (κ1) is 15.9. The highest BCUT2D eigenvalue weighted by Gasteiger charge is 2.19. The summed E-state index contributed by atoms with van der Waals surface area (Å²) in [5.41, 5.74) is 0.164. The lowest BCUT2D eigenvalue weighted by atomic mass is 10.1. The van der Waals surface area contributed by atoms with Crippen LogP contribution in [0.1, 0.15) is 33.3 Å². The molecule has 0 aliphatic rings. The third-order valence-electron chi connectivity index (χ3n) is 2.52. The molecule has 1 atom stereocenters. The Morgan fingerprint density at radius 1 is 1.42 bits per heavy atom. The molecular formula is C14H20ClFN2O. The molecule has 1 aromatic rings. The van der Waals surface area contributed by atoms with Gasteiger partial charge in [-0.2, -0.15) is 0 Å². The topological polar surface area (TPSA) is 41.1 Å². The summed E-state index contributed by atoms with van der Waals surface area (Å²) in [5, 5.41) is 5.93. The van der Waals surface area contributed by atoms with Crippen molar-refractivity contribution in [3.63, 3.8) is 0 Å². The quantitative estimate of drug-likeness (QED) is 0.894. The van der Waals surface area contributed by atoms with Crippen molar-refractivity contribution in [3.8, 4) is 0 Å². The van der Waals surface area contributed by atoms with E-state index in [1.54, 1.807) is 19.1 Å². The summed E-state index contributed by atoms with van der Waals surface area (Å²) in [4.78, 5) is 11.8. The third-order valence-corrected chi connectivity index (χ3v) is 2.81. The zero-order chi connectivity index (χ0) is 14.6. The fourth-order valence-corrected chi connectivity index (χ4v) is 1.71. The SMILES string of the molecule is CC(NCc1cccc(Cl)c1F)C(=O)NC(C)(C)C. The molecule has 0 aliphatic heterocycles. The van der Waals surface area contributed by atoms with Gasteiger partial charge < -0.3 is 10.6 Å². The molecule has 2 N–H and O–H groups in total. The normalized spacial score (nSPS) is 13.2. The van der Waals surface area contributed by atoms with Gasteiger partial charge in [-0.05, 0) is 33.8 Å². The van der Waals surface area contributed by atoms with E-state index in [0.717, 1.165) is 0 Å². The van der Waals surface area contributed by atoms with Crippen molar-refractivity contribution in [2.24, 2.45) is 0 Å². The molecular weight excluding hydrogens is 267 g/mol. The largest absolute Gasteiger partial charge is 0.350 e. The second-order valence-electron chi connectivity index (χ2n) is 5.55. The van der Waals surface area contributed by atoms with E-state index < -0.39 is 11.9 Å². The molecule has 1 amide bonds. The van der Waals surface area contributed by atoms with Crippen LogP contribution in [0.25, 0.3) is 0 Å². The lowest BCUT2D eigenvalue weighted by Crippen LogP contribution is -2.49. The Morgan fingerprint density at radius 3 is 2.63 bits per heavy atom. The van der Waals surface area contributed by atoms with Crippen LogP contribution in [0, 0.1) is 5.82 Å². The highest BCUT2D eigenvalue weighted by atomic mass is 35.5. The molecule has 106 valence electrons. The Bertz CT molecular complexity index is 457. The van der Waals surface area contributed by atoms with Crippen LogP contribution in [0.3, 0.4) is 0 Å². The van der Waals surface area contributed by atoms with Crippen LogP contribution in [-0.4, -0.2) is 17.5 Å². The molecule has 0 aromatic heterocycles. The molecule has 0 aliphatic carbocycles. The van der Waals surface area contributed by atoms with Crippen LogP contribution in [-0.2, 0) is 11.3 Å². The molecule has 0 spiro atoms. The van der Waals surface area contributed by atoms with Gasteiger partial charge in [0.05, 0.1) is 11.1 Å². The van der Waals surface area contributed by atoms with Crippen LogP contribution in [0.5, 0.6) is 0 Å². The summed E-state index contributed by atoms with van der Waals surface area (Å²) in [5.74, 6) is -0.560. The number of rotatable bonds is 4. The van der Waals surface area contributed by atoms with E-state index in [-0.39, 0.29) is 23.0 Å². The molecule has 0 fully saturated rings. The minimum Gasteiger partial charge on any atom is -0.350 e. The first-order chi connectivity index (χ1) is 8.70. The van der Waals surface area contributed by atoms with Crippen molar-refractivity contribution in [1.82, 2.24) is 10.6 Å². The maximum atomic E-state index is 13.7. The molecule has 0 saturated carbocycles. The maximum Gasteiger partial charge on any atom is 0.237 e. The highest BCUT2D eigenvalue weighted by molar-refractivity contribution is 6.30. The molecule has 5 heteroatoms. The summed E-state index contributed by atoms with van der Waals surface area (Å²) in [6, 6.07) is 4.42. The number of amides is 1. The Hall–Kier alpha value is -1.13. The average molecular weight is 287 g/mol. The number of carbonyl (C=O) groups excluding carboxylic acids is 1. The Labute approximate surface area is 118 Å². The van der Waals surface area contributed by atoms with E-state index in [4.69, 9.17) is 11.6 Å². The molecule has 1 aromatic carbocycles. The van der Waals surface area contributed by atoms with Gasteiger partial charge in [0.1, 0.15) is 5.82 Å². The first-order valence-electron chi connectivity index (χ1n) is 6.19. The third kappa shape index (κ3) is 5.17. The minimum absolute atomic E-state index is 0.0890. The Balaban J connectivity index is 2.57. The van der Waals surface area contributed by atoms with E-state index >= 15 is 0 Å². The predicted octanol–water partition coefficient (Wildman–Crippen LogP) is 2.87. The molecule has 0 heterocycles. The van der Waals surface area contributed by atoms with Gasteiger partial charge in [0, 0.05) is 17.6 Å². The summed E-state index contributed by atoms with van der Waals surface area (Å²) in [6.07, 6.45) is 0. The van der Waals surface area contributed by atoms with Crippen molar-refractivity contribution in [2.45, 2.75) is 45.8 Å². The molecule has 3 nitrogen and oxygen atoms in total. The summed E-state index contributed by atoms with van der Waals surface area (Å²) < 4.78 is 13.7. The minimum atomic E-state index is -0.444. The predicted molar refractivity (Wildman–Crippen MR) is 75.6 cm³/mol. The van der Waals surface area contributed by atoms with E-state index in [9.17, 15) is 9.18 Å². The maximum absolute atomic E-state index is 13.7. The number of halogens is 2. The van der Waals surface area contributed by atoms with Crippen molar-refractivity contribution in [3.05, 3.63) is 34.6 Å². The number of hydrogen-bond donors (Lipinski definition) is 2. The van der Waals surface area contributed by atoms with Gasteiger partial charge in [0.25, 0.3) is 0 Å². The highest BCUT2D eigenvalue weighted by Crippen LogP contribution is 2.17. The second-order valence-corrected chi connectivity index (χ2v) is 5.96. The van der Waals surface area contributed by atoms with Crippen LogP contribution in [0.2, 0.25) is 5.02 Å². The number of carbonyl (C=O) groups is 1. The zero-order valence-electron chi connectivity index (χ0n) is 11.7. The van der Waals surface area contributed by atoms with Crippen LogP contribution >= 0.6 is 11.6 Å². The van der Waals surface area contributed by atoms with Gasteiger partial charge >= 0.3 is 0 Å². The average Bonchev–Trinajstić information content (AvgIpc) is 2.28. The van der Waals surface area contributed by atoms with Gasteiger partial charge in [-0.15, -0.1) is 0 Å². The fourth-order valence-electron chi connectivity index (χ4n) is 1.52. The van der Waals surface area contributed by atoms with Crippen molar-refractivity contribution in [1.29, 1.82) is 0 Å². The van der Waals surface area contributed by atoms with Gasteiger partial charge in [0.2, 0.25) is 5.91 Å². The fraction of sp³-hybridized carbons (Fsp3) is 0.500. The second kappa shape index (κ2) is 6.35. The Kier molecular flexibility index (Phi) is 5.32. The van der Waals surface area contributed by atoms with Gasteiger partial charge in [-0.1, -0.05) is 23.7 Å². The van der Waals surface area contributed by atoms with Crippen LogP contribution in [0.4, 0.5) is 4.39 Å². The number of benzene rings is 1. The van der Waals surface area contributed by atoms with Crippen LogP contribution in [0.15, 0.2) is 18.2 Å². The van der Waals surface area contributed by atoms with Gasteiger partial charge in [-0.3, -0.25) is 4.79 Å². The molecule has 0 radical (unpaired) electrons. The Morgan fingerprint density at radius 2 is 2.05 bits per heavy atom. The standard InChI is InChI=1S/C14H20ClFN2O/c1-9(13(19)18-14(2,3)4)17-8-10-6-5-7-11(15)12(10)16/h5-7,9,17H,8H2,1-4H3,(H,18,19). The monoisotopic (exact) mass is 286 g/mol.